The Kier molecular flexibility index (Phi) is 10.9. The van der Waals surface area contributed by atoms with Crippen LogP contribution in [0.4, 0.5) is 0 Å². The van der Waals surface area contributed by atoms with Gasteiger partial charge in [-0.05, 0) is 136 Å². The maximum absolute atomic E-state index is 13.3. The molecule has 3 aromatic carbocycles. The van der Waals surface area contributed by atoms with Crippen molar-refractivity contribution in [3.8, 4) is 0 Å². The first-order valence-corrected chi connectivity index (χ1v) is 15.9. The van der Waals surface area contributed by atoms with Gasteiger partial charge in [-0.3, -0.25) is 24.1 Å². The molecular formula is C38H46N2O4. The van der Waals surface area contributed by atoms with E-state index in [0.717, 1.165) is 60.1 Å². The number of carbonyl (C=O) groups is 4. The van der Waals surface area contributed by atoms with Crippen LogP contribution in [0.5, 0.6) is 0 Å². The second kappa shape index (κ2) is 14.6. The lowest BCUT2D eigenvalue weighted by Crippen LogP contribution is -2.31. The van der Waals surface area contributed by atoms with Crippen molar-refractivity contribution in [3.05, 3.63) is 82.0 Å². The van der Waals surface area contributed by atoms with Crippen LogP contribution in [0.2, 0.25) is 0 Å². The van der Waals surface area contributed by atoms with E-state index in [1.54, 1.807) is 24.3 Å². The van der Waals surface area contributed by atoms with Gasteiger partial charge in [-0.15, -0.1) is 0 Å². The van der Waals surface area contributed by atoms with Gasteiger partial charge in [0.05, 0.1) is 16.7 Å². The first-order valence-electron chi connectivity index (χ1n) is 15.9. The minimum atomic E-state index is -0.272. The summed E-state index contributed by atoms with van der Waals surface area (Å²) in [5, 5.41) is 6.20. The number of rotatable bonds is 14. The highest BCUT2D eigenvalue weighted by Gasteiger charge is 2.35. The van der Waals surface area contributed by atoms with Crippen LogP contribution in [0.15, 0.2) is 59.7 Å². The number of amides is 3. The highest BCUT2D eigenvalue weighted by atomic mass is 16.2. The van der Waals surface area contributed by atoms with Crippen LogP contribution >= 0.6 is 0 Å². The average Bonchev–Trinajstić information content (AvgIpc) is 3.20. The number of nitrogens with one attached hydrogen (secondary N) is 1. The standard InChI is InChI=1S/C38H46N2O4/c1-24(2)9-7-11-26(5)13-15-39-36(42)33-20-29-18-31-22-35-34(21-30(31)17-28(29)19-32(33)23-41)37(43)40(38(35)44)16-14-27(6)12-8-10-25(3)4/h9-10,17-23,26-27H,7-8,11-16H2,1-6H3,(H,39,42). The Balaban J connectivity index is 1.50. The van der Waals surface area contributed by atoms with Crippen LogP contribution in [0, 0.1) is 11.8 Å². The first kappa shape index (κ1) is 32.8. The molecule has 6 heteroatoms. The monoisotopic (exact) mass is 594 g/mol. The largest absolute Gasteiger partial charge is 0.352 e. The third-order valence-corrected chi connectivity index (χ3v) is 8.62. The number of allylic oxidation sites excluding steroid dienone is 4. The Hall–Kier alpha value is -4.06. The van der Waals surface area contributed by atoms with E-state index in [1.807, 2.05) is 12.1 Å². The van der Waals surface area contributed by atoms with Gasteiger partial charge < -0.3 is 5.32 Å². The van der Waals surface area contributed by atoms with Gasteiger partial charge >= 0.3 is 0 Å². The second-order valence-electron chi connectivity index (χ2n) is 13.0. The van der Waals surface area contributed by atoms with E-state index < -0.39 is 0 Å². The summed E-state index contributed by atoms with van der Waals surface area (Å²) in [7, 11) is 0. The summed E-state index contributed by atoms with van der Waals surface area (Å²) in [4.78, 5) is 53.0. The predicted molar refractivity (Wildman–Crippen MR) is 179 cm³/mol. The van der Waals surface area contributed by atoms with Gasteiger partial charge in [0, 0.05) is 18.7 Å². The molecule has 0 aromatic heterocycles. The van der Waals surface area contributed by atoms with E-state index in [2.05, 4.69) is 59.0 Å². The van der Waals surface area contributed by atoms with Crippen molar-refractivity contribution in [1.29, 1.82) is 0 Å². The maximum atomic E-state index is 13.3. The Morgan fingerprint density at radius 2 is 1.23 bits per heavy atom. The molecule has 6 nitrogen and oxygen atoms in total. The first-order chi connectivity index (χ1) is 21.0. The zero-order valence-electron chi connectivity index (χ0n) is 27.1. The fourth-order valence-electron chi connectivity index (χ4n) is 5.83. The van der Waals surface area contributed by atoms with Crippen LogP contribution < -0.4 is 5.32 Å². The normalized spacial score (nSPS) is 14.0. The van der Waals surface area contributed by atoms with Gasteiger partial charge in [0.25, 0.3) is 17.7 Å². The number of benzene rings is 3. The molecule has 0 fully saturated rings. The van der Waals surface area contributed by atoms with Crippen LogP contribution in [0.25, 0.3) is 21.5 Å². The molecule has 0 saturated heterocycles. The average molecular weight is 595 g/mol. The van der Waals surface area contributed by atoms with Crippen molar-refractivity contribution in [2.75, 3.05) is 13.1 Å². The van der Waals surface area contributed by atoms with Gasteiger partial charge in [-0.25, -0.2) is 0 Å². The molecule has 0 bridgehead atoms. The zero-order valence-corrected chi connectivity index (χ0v) is 27.1. The molecule has 1 aliphatic rings. The summed E-state index contributed by atoms with van der Waals surface area (Å²) in [6, 6.07) is 10.9. The quantitative estimate of drug-likeness (QED) is 0.0876. The third-order valence-electron chi connectivity index (χ3n) is 8.62. The number of aldehydes is 1. The van der Waals surface area contributed by atoms with E-state index in [4.69, 9.17) is 0 Å². The molecule has 0 spiro atoms. The molecule has 1 aliphatic heterocycles. The van der Waals surface area contributed by atoms with E-state index in [-0.39, 0.29) is 17.7 Å². The minimum absolute atomic E-state index is 0.254. The summed E-state index contributed by atoms with van der Waals surface area (Å²) >= 11 is 0. The van der Waals surface area contributed by atoms with Gasteiger partial charge in [0.15, 0.2) is 6.29 Å². The van der Waals surface area contributed by atoms with Gasteiger partial charge in [0.2, 0.25) is 0 Å². The molecule has 3 aromatic rings. The molecule has 44 heavy (non-hydrogen) atoms. The molecule has 0 radical (unpaired) electrons. The molecule has 232 valence electrons. The van der Waals surface area contributed by atoms with E-state index in [0.29, 0.717) is 53.5 Å². The Morgan fingerprint density at radius 3 is 1.75 bits per heavy atom. The van der Waals surface area contributed by atoms with E-state index >= 15 is 0 Å². The summed E-state index contributed by atoms with van der Waals surface area (Å²) < 4.78 is 0. The minimum Gasteiger partial charge on any atom is -0.352 e. The number of imide groups is 1. The molecule has 0 aliphatic carbocycles. The Labute approximate surface area is 261 Å². The maximum Gasteiger partial charge on any atom is 0.261 e. The lowest BCUT2D eigenvalue weighted by atomic mass is 9.95. The molecule has 4 rings (SSSR count). The summed E-state index contributed by atoms with van der Waals surface area (Å²) in [5.74, 6) is 0.0904. The van der Waals surface area contributed by atoms with Crippen LogP contribution in [0.3, 0.4) is 0 Å². The molecule has 3 amide bonds. The van der Waals surface area contributed by atoms with E-state index in [1.165, 1.54) is 16.0 Å². The molecule has 1 heterocycles. The van der Waals surface area contributed by atoms with Crippen LogP contribution in [-0.4, -0.2) is 42.0 Å². The molecule has 2 unspecified atom stereocenters. The molecular weight excluding hydrogens is 548 g/mol. The predicted octanol–water partition coefficient (Wildman–Crippen LogP) is 8.68. The van der Waals surface area contributed by atoms with Gasteiger partial charge in [-0.1, -0.05) is 37.1 Å². The molecule has 0 saturated carbocycles. The van der Waals surface area contributed by atoms with Gasteiger partial charge in [-0.2, -0.15) is 0 Å². The highest BCUT2D eigenvalue weighted by molar-refractivity contribution is 6.23. The van der Waals surface area contributed by atoms with Crippen LogP contribution in [0.1, 0.15) is 121 Å². The number of nitrogens with zero attached hydrogens (tertiary/aromatic N) is 1. The lowest BCUT2D eigenvalue weighted by molar-refractivity contribution is 0.0645. The fourth-order valence-corrected chi connectivity index (χ4v) is 5.83. The van der Waals surface area contributed by atoms with E-state index in [9.17, 15) is 19.2 Å². The van der Waals surface area contributed by atoms with Crippen molar-refractivity contribution in [3.63, 3.8) is 0 Å². The van der Waals surface area contributed by atoms with Crippen molar-refractivity contribution >= 4 is 45.6 Å². The summed E-state index contributed by atoms with van der Waals surface area (Å²) in [6.45, 7) is 13.7. The summed E-state index contributed by atoms with van der Waals surface area (Å²) in [6.07, 6.45) is 10.9. The zero-order chi connectivity index (χ0) is 32.0. The summed E-state index contributed by atoms with van der Waals surface area (Å²) in [5.41, 5.74) is 4.10. The van der Waals surface area contributed by atoms with Gasteiger partial charge in [0.1, 0.15) is 0 Å². The topological polar surface area (TPSA) is 83.6 Å². The van der Waals surface area contributed by atoms with Crippen molar-refractivity contribution < 1.29 is 19.2 Å². The molecule has 1 N–H and O–H groups in total. The Bertz CT molecular complexity index is 1630. The number of hydrogen-bond acceptors (Lipinski definition) is 4. The molecule has 2 atom stereocenters. The van der Waals surface area contributed by atoms with Crippen LogP contribution in [-0.2, 0) is 0 Å². The second-order valence-corrected chi connectivity index (χ2v) is 13.0. The highest BCUT2D eigenvalue weighted by Crippen LogP contribution is 2.32. The van der Waals surface area contributed by atoms with Crippen molar-refractivity contribution in [2.24, 2.45) is 11.8 Å². The number of hydrogen-bond donors (Lipinski definition) is 1. The smallest absolute Gasteiger partial charge is 0.261 e. The van der Waals surface area contributed by atoms with Crippen molar-refractivity contribution in [1.82, 2.24) is 10.2 Å². The fraction of sp³-hybridized carbons (Fsp3) is 0.421. The SMILES string of the molecule is CC(C)=CCCC(C)CCNC(=O)c1cc2cc3cc4c(cc3cc2cc1C=O)C(=O)N(CCC(C)CCC=C(C)C)C4=O. The number of fused-ring (bicyclic) bond motifs is 3. The van der Waals surface area contributed by atoms with Crippen molar-refractivity contribution in [2.45, 2.75) is 80.1 Å². The Morgan fingerprint density at radius 1 is 0.727 bits per heavy atom. The number of carbonyl (C=O) groups excluding carboxylic acids is 4. The lowest BCUT2D eigenvalue weighted by Gasteiger charge is -2.17. The third kappa shape index (κ3) is 7.90.